The van der Waals surface area contributed by atoms with Gasteiger partial charge in [-0.15, -0.1) is 11.8 Å². The molecule has 0 radical (unpaired) electrons. The predicted octanol–water partition coefficient (Wildman–Crippen LogP) is 3.35. The molecular weight excluding hydrogens is 542 g/mol. The molecule has 0 spiro atoms. The quantitative estimate of drug-likeness (QED) is 0.438. The fourth-order valence-electron chi connectivity index (χ4n) is 5.96. The van der Waals surface area contributed by atoms with Gasteiger partial charge in [0.1, 0.15) is 12.1 Å². The van der Waals surface area contributed by atoms with Crippen LogP contribution in [0.5, 0.6) is 0 Å². The van der Waals surface area contributed by atoms with Crippen molar-refractivity contribution >= 4 is 29.7 Å². The van der Waals surface area contributed by atoms with Gasteiger partial charge < -0.3 is 30.1 Å². The van der Waals surface area contributed by atoms with Crippen molar-refractivity contribution in [3.63, 3.8) is 0 Å². The monoisotopic (exact) mass is 581 g/mol. The normalized spacial score (nSPS) is 24.7. The van der Waals surface area contributed by atoms with E-state index in [1.165, 1.54) is 22.2 Å². The van der Waals surface area contributed by atoms with Crippen LogP contribution in [0, 0.1) is 0 Å². The van der Waals surface area contributed by atoms with Gasteiger partial charge in [-0.1, -0.05) is 54.6 Å². The molecule has 2 aliphatic heterocycles. The lowest BCUT2D eigenvalue weighted by molar-refractivity contribution is -0.147. The number of rotatable bonds is 8. The highest BCUT2D eigenvalue weighted by Crippen LogP contribution is 2.40. The van der Waals surface area contributed by atoms with Crippen LogP contribution in [0.2, 0.25) is 0 Å². The second-order valence-electron chi connectivity index (χ2n) is 11.5. The number of nitrogens with one attached hydrogen (secondary N) is 2. The van der Waals surface area contributed by atoms with Gasteiger partial charge in [-0.05, 0) is 56.2 Å². The van der Waals surface area contributed by atoms with E-state index < -0.39 is 34.9 Å². The van der Waals surface area contributed by atoms with Crippen molar-refractivity contribution < 1.29 is 29.0 Å². The van der Waals surface area contributed by atoms with Gasteiger partial charge in [-0.3, -0.25) is 9.59 Å². The predicted molar refractivity (Wildman–Crippen MR) is 156 cm³/mol. The van der Waals surface area contributed by atoms with Crippen molar-refractivity contribution in [1.29, 1.82) is 0 Å². The molecule has 0 unspecified atom stereocenters. The minimum atomic E-state index is -1.58. The summed E-state index contributed by atoms with van der Waals surface area (Å²) in [5.74, 6) is -0.586. The van der Waals surface area contributed by atoms with E-state index >= 15 is 0 Å². The third kappa shape index (κ3) is 6.88. The van der Waals surface area contributed by atoms with Crippen LogP contribution in [0.15, 0.2) is 54.6 Å². The first-order valence-corrected chi connectivity index (χ1v) is 15.3. The van der Waals surface area contributed by atoms with Crippen LogP contribution in [0.3, 0.4) is 0 Å². The molecule has 3 N–H and O–H groups in total. The molecule has 41 heavy (non-hydrogen) atoms. The SMILES string of the molecule is CC1(C)SCN(C(=O)[C@@H](O)[C@H](Cc2ccccc2)NC(=O)O[C@H]2CCOC2)[C@H]1C(=O)N[C@H]1CCCc2ccccc21. The summed E-state index contributed by atoms with van der Waals surface area (Å²) < 4.78 is 10.2. The molecule has 3 amide bonds. The Morgan fingerprint density at radius 1 is 1.12 bits per heavy atom. The Bertz CT molecular complexity index is 1240. The molecule has 2 heterocycles. The number of aliphatic hydroxyl groups is 1. The van der Waals surface area contributed by atoms with Gasteiger partial charge in [0, 0.05) is 11.2 Å². The van der Waals surface area contributed by atoms with Gasteiger partial charge >= 0.3 is 6.09 Å². The van der Waals surface area contributed by atoms with E-state index in [1.54, 1.807) is 0 Å². The number of benzene rings is 2. The second kappa shape index (κ2) is 12.8. The van der Waals surface area contributed by atoms with E-state index in [0.717, 1.165) is 30.4 Å². The molecule has 0 bridgehead atoms. The zero-order valence-electron chi connectivity index (χ0n) is 23.6. The average molecular weight is 582 g/mol. The number of alkyl carbamates (subject to hydrolysis) is 1. The van der Waals surface area contributed by atoms with Crippen LogP contribution in [0.25, 0.3) is 0 Å². The molecule has 0 saturated carbocycles. The molecule has 2 aromatic carbocycles. The largest absolute Gasteiger partial charge is 0.444 e. The van der Waals surface area contributed by atoms with Gasteiger partial charge in [0.25, 0.3) is 5.91 Å². The Balaban J connectivity index is 1.32. The molecule has 10 heteroatoms. The Morgan fingerprint density at radius 3 is 2.63 bits per heavy atom. The molecule has 3 aliphatic rings. The molecule has 2 aromatic rings. The van der Waals surface area contributed by atoms with E-state index in [0.29, 0.717) is 19.6 Å². The summed E-state index contributed by atoms with van der Waals surface area (Å²) in [6.07, 6.45) is 0.936. The number of aryl methyl sites for hydroxylation is 1. The number of amides is 3. The third-order valence-corrected chi connectivity index (χ3v) is 9.54. The number of carbonyl (C=O) groups is 3. The second-order valence-corrected chi connectivity index (χ2v) is 13.1. The summed E-state index contributed by atoms with van der Waals surface area (Å²) in [6.45, 7) is 4.72. The van der Waals surface area contributed by atoms with Gasteiger partial charge in [-0.2, -0.15) is 0 Å². The zero-order chi connectivity index (χ0) is 29.0. The number of ether oxygens (including phenoxy) is 2. The maximum Gasteiger partial charge on any atom is 0.407 e. The number of aliphatic hydroxyl groups excluding tert-OH is 1. The lowest BCUT2D eigenvalue weighted by Gasteiger charge is -2.35. The first kappa shape index (κ1) is 29.4. The van der Waals surface area contributed by atoms with Gasteiger partial charge in [-0.25, -0.2) is 4.79 Å². The summed E-state index contributed by atoms with van der Waals surface area (Å²) in [6, 6.07) is 15.6. The van der Waals surface area contributed by atoms with Crippen LogP contribution in [-0.2, 0) is 31.9 Å². The first-order valence-electron chi connectivity index (χ1n) is 14.3. The van der Waals surface area contributed by atoms with Crippen molar-refractivity contribution in [3.05, 3.63) is 71.3 Å². The van der Waals surface area contributed by atoms with Crippen LogP contribution < -0.4 is 10.6 Å². The summed E-state index contributed by atoms with van der Waals surface area (Å²) in [5, 5.41) is 17.3. The highest BCUT2D eigenvalue weighted by atomic mass is 32.2. The van der Waals surface area contributed by atoms with E-state index in [2.05, 4.69) is 22.8 Å². The van der Waals surface area contributed by atoms with Crippen molar-refractivity contribution in [2.45, 2.75) is 81.0 Å². The summed E-state index contributed by atoms with van der Waals surface area (Å²) in [5.41, 5.74) is 3.19. The Labute approximate surface area is 245 Å². The smallest absolute Gasteiger partial charge is 0.407 e. The highest BCUT2D eigenvalue weighted by Gasteiger charge is 2.50. The zero-order valence-corrected chi connectivity index (χ0v) is 24.4. The van der Waals surface area contributed by atoms with E-state index in [-0.39, 0.29) is 30.4 Å². The molecule has 2 fully saturated rings. The van der Waals surface area contributed by atoms with Crippen LogP contribution in [0.4, 0.5) is 4.79 Å². The molecule has 5 rings (SSSR count). The Morgan fingerprint density at radius 2 is 1.88 bits per heavy atom. The highest BCUT2D eigenvalue weighted by molar-refractivity contribution is 8.00. The number of carbonyl (C=O) groups excluding carboxylic acids is 3. The lowest BCUT2D eigenvalue weighted by atomic mass is 9.87. The summed E-state index contributed by atoms with van der Waals surface area (Å²) in [4.78, 5) is 41.9. The number of nitrogens with zero attached hydrogens (tertiary/aromatic N) is 1. The maximum absolute atomic E-state index is 13.9. The van der Waals surface area contributed by atoms with E-state index in [4.69, 9.17) is 9.47 Å². The number of hydrogen-bond acceptors (Lipinski definition) is 7. The van der Waals surface area contributed by atoms with Crippen molar-refractivity contribution in [3.8, 4) is 0 Å². The molecule has 5 atom stereocenters. The fourth-order valence-corrected chi connectivity index (χ4v) is 7.10. The molecule has 1 aliphatic carbocycles. The summed E-state index contributed by atoms with van der Waals surface area (Å²) in [7, 11) is 0. The minimum absolute atomic E-state index is 0.127. The molecular formula is C31H39N3O6S. The van der Waals surface area contributed by atoms with E-state index in [1.807, 2.05) is 56.3 Å². The van der Waals surface area contributed by atoms with Crippen LogP contribution >= 0.6 is 11.8 Å². The van der Waals surface area contributed by atoms with Gasteiger partial charge in [0.15, 0.2) is 6.10 Å². The van der Waals surface area contributed by atoms with Gasteiger partial charge in [0.2, 0.25) is 5.91 Å². The average Bonchev–Trinajstić information content (AvgIpc) is 3.59. The van der Waals surface area contributed by atoms with Crippen molar-refractivity contribution in [2.75, 3.05) is 19.1 Å². The Hall–Kier alpha value is -3.08. The number of fused-ring (bicyclic) bond motifs is 1. The van der Waals surface area contributed by atoms with Crippen molar-refractivity contribution in [2.24, 2.45) is 0 Å². The molecule has 2 saturated heterocycles. The topological polar surface area (TPSA) is 117 Å². The van der Waals surface area contributed by atoms with Crippen LogP contribution in [-0.4, -0.2) is 76.0 Å². The Kier molecular flexibility index (Phi) is 9.21. The number of hydrogen-bond donors (Lipinski definition) is 3. The minimum Gasteiger partial charge on any atom is -0.444 e. The van der Waals surface area contributed by atoms with E-state index in [9.17, 15) is 19.5 Å². The summed E-state index contributed by atoms with van der Waals surface area (Å²) >= 11 is 1.50. The first-order chi connectivity index (χ1) is 19.7. The fraction of sp³-hybridized carbons (Fsp3) is 0.516. The molecule has 9 nitrogen and oxygen atoms in total. The van der Waals surface area contributed by atoms with Crippen LogP contribution in [0.1, 0.15) is 55.8 Å². The number of thioether (sulfide) groups is 1. The molecule has 0 aromatic heterocycles. The third-order valence-electron chi connectivity index (χ3n) is 8.16. The maximum atomic E-state index is 13.9. The van der Waals surface area contributed by atoms with Crippen molar-refractivity contribution in [1.82, 2.24) is 15.5 Å². The standard InChI is InChI=1S/C31H39N3O6S/c1-31(2)27(28(36)32-24-14-8-12-21-11-6-7-13-23(21)24)34(19-41-31)29(37)26(35)25(17-20-9-4-3-5-10-20)33-30(38)40-22-15-16-39-18-22/h3-7,9-11,13,22,24-27,35H,8,12,14-19H2,1-2H3,(H,32,36)(H,33,38)/t22-,24-,25-,26-,27-/m0/s1. The lowest BCUT2D eigenvalue weighted by Crippen LogP contribution is -2.59. The molecule has 220 valence electrons. The van der Waals surface area contributed by atoms with Gasteiger partial charge in [0.05, 0.1) is 31.2 Å².